The van der Waals surface area contributed by atoms with Crippen molar-refractivity contribution in [3.63, 3.8) is 0 Å². The minimum Gasteiger partial charge on any atom is -0.329 e. The molecule has 1 heterocycles. The lowest BCUT2D eigenvalue weighted by molar-refractivity contribution is 0.0795. The Bertz CT molecular complexity index is 467. The van der Waals surface area contributed by atoms with E-state index in [1.165, 1.54) is 41.6 Å². The Morgan fingerprint density at radius 3 is 2.40 bits per heavy atom. The van der Waals surface area contributed by atoms with Crippen LogP contribution in [0.5, 0.6) is 0 Å². The zero-order valence-electron chi connectivity index (χ0n) is 13.7. The second-order valence-corrected chi connectivity index (χ2v) is 6.77. The summed E-state index contributed by atoms with van der Waals surface area (Å²) in [5.41, 5.74) is 11.7. The first-order valence-corrected chi connectivity index (χ1v) is 7.97. The topological polar surface area (TPSA) is 29.3 Å². The summed E-state index contributed by atoms with van der Waals surface area (Å²) in [7, 11) is 0. The Labute approximate surface area is 124 Å². The summed E-state index contributed by atoms with van der Waals surface area (Å²) in [5, 5.41) is 0. The Kier molecular flexibility index (Phi) is 4.87. The summed E-state index contributed by atoms with van der Waals surface area (Å²) in [4.78, 5) is 2.63. The molecule has 0 bridgehead atoms. The molecule has 1 aliphatic rings. The van der Waals surface area contributed by atoms with Gasteiger partial charge in [0.2, 0.25) is 0 Å². The number of rotatable bonds is 3. The molecule has 112 valence electrons. The van der Waals surface area contributed by atoms with E-state index in [0.29, 0.717) is 18.6 Å². The Hall–Kier alpha value is -0.860. The molecule has 1 saturated heterocycles. The van der Waals surface area contributed by atoms with Crippen molar-refractivity contribution >= 4 is 0 Å². The molecule has 1 aromatic rings. The number of likely N-dealkylation sites (tertiary alicyclic amines) is 1. The van der Waals surface area contributed by atoms with E-state index in [1.807, 2.05) is 0 Å². The zero-order valence-corrected chi connectivity index (χ0v) is 13.7. The molecule has 2 heteroatoms. The third-order valence-electron chi connectivity index (χ3n) is 5.03. The lowest BCUT2D eigenvalue weighted by Gasteiger charge is -2.42. The van der Waals surface area contributed by atoms with Gasteiger partial charge in [-0.15, -0.1) is 0 Å². The largest absolute Gasteiger partial charge is 0.329 e. The highest BCUT2D eigenvalue weighted by Crippen LogP contribution is 2.32. The molecule has 0 aromatic heterocycles. The maximum atomic E-state index is 6.16. The van der Waals surface area contributed by atoms with Crippen molar-refractivity contribution in [2.75, 3.05) is 13.1 Å². The fourth-order valence-corrected chi connectivity index (χ4v) is 3.54. The molecule has 2 N–H and O–H groups in total. The summed E-state index contributed by atoms with van der Waals surface area (Å²) in [5.74, 6) is 0.784. The Morgan fingerprint density at radius 2 is 1.75 bits per heavy atom. The number of benzene rings is 1. The van der Waals surface area contributed by atoms with Gasteiger partial charge in [0, 0.05) is 25.2 Å². The number of piperidine rings is 1. The van der Waals surface area contributed by atoms with Gasteiger partial charge in [-0.05, 0) is 68.7 Å². The highest BCUT2D eigenvalue weighted by atomic mass is 15.2. The molecular formula is C18H30N2. The van der Waals surface area contributed by atoms with Crippen LogP contribution in [-0.2, 0) is 0 Å². The quantitative estimate of drug-likeness (QED) is 0.910. The van der Waals surface area contributed by atoms with Gasteiger partial charge in [0.1, 0.15) is 0 Å². The van der Waals surface area contributed by atoms with Gasteiger partial charge in [-0.2, -0.15) is 0 Å². The SMILES string of the molecule is Cc1cc(C)c(C(CN)N2CC(C)CCC2C)cc1C. The van der Waals surface area contributed by atoms with Gasteiger partial charge in [0.15, 0.2) is 0 Å². The standard InChI is InChI=1S/C18H30N2/c1-12-6-7-16(5)20(11-12)18(10-19)17-9-14(3)13(2)8-15(17)4/h8-9,12,16,18H,6-7,10-11,19H2,1-5H3. The molecule has 2 rings (SSSR count). The predicted octanol–water partition coefficient (Wildman–Crippen LogP) is 3.73. The van der Waals surface area contributed by atoms with Gasteiger partial charge in [0.25, 0.3) is 0 Å². The fourth-order valence-electron chi connectivity index (χ4n) is 3.54. The van der Waals surface area contributed by atoms with Gasteiger partial charge < -0.3 is 5.73 Å². The van der Waals surface area contributed by atoms with Crippen LogP contribution >= 0.6 is 0 Å². The number of nitrogens with two attached hydrogens (primary N) is 1. The van der Waals surface area contributed by atoms with Crippen LogP contribution in [-0.4, -0.2) is 24.0 Å². The van der Waals surface area contributed by atoms with Gasteiger partial charge in [0.05, 0.1) is 0 Å². The first kappa shape index (κ1) is 15.5. The van der Waals surface area contributed by atoms with E-state index in [4.69, 9.17) is 5.73 Å². The van der Waals surface area contributed by atoms with Crippen molar-refractivity contribution < 1.29 is 0 Å². The lowest BCUT2D eigenvalue weighted by Crippen LogP contribution is -2.45. The van der Waals surface area contributed by atoms with Crippen LogP contribution < -0.4 is 5.73 Å². The van der Waals surface area contributed by atoms with Crippen molar-refractivity contribution in [1.82, 2.24) is 4.90 Å². The molecule has 2 nitrogen and oxygen atoms in total. The minimum atomic E-state index is 0.368. The molecule has 0 radical (unpaired) electrons. The summed E-state index contributed by atoms with van der Waals surface area (Å²) in [6.45, 7) is 13.2. The summed E-state index contributed by atoms with van der Waals surface area (Å²) >= 11 is 0. The normalized spacial score (nSPS) is 25.7. The molecule has 3 unspecified atom stereocenters. The fraction of sp³-hybridized carbons (Fsp3) is 0.667. The maximum Gasteiger partial charge on any atom is 0.0476 e. The van der Waals surface area contributed by atoms with E-state index in [2.05, 4.69) is 51.7 Å². The van der Waals surface area contributed by atoms with Crippen molar-refractivity contribution in [2.45, 2.75) is 59.5 Å². The van der Waals surface area contributed by atoms with Crippen LogP contribution in [0.15, 0.2) is 12.1 Å². The third-order valence-corrected chi connectivity index (χ3v) is 5.03. The van der Waals surface area contributed by atoms with E-state index in [-0.39, 0.29) is 0 Å². The Balaban J connectivity index is 2.34. The van der Waals surface area contributed by atoms with Crippen LogP contribution in [0.1, 0.15) is 55.0 Å². The van der Waals surface area contributed by atoms with Crippen molar-refractivity contribution in [1.29, 1.82) is 0 Å². The molecule has 0 aliphatic carbocycles. The molecule has 0 amide bonds. The minimum absolute atomic E-state index is 0.368. The number of hydrogen-bond donors (Lipinski definition) is 1. The van der Waals surface area contributed by atoms with Crippen LogP contribution in [0.25, 0.3) is 0 Å². The van der Waals surface area contributed by atoms with Crippen LogP contribution in [0, 0.1) is 26.7 Å². The van der Waals surface area contributed by atoms with Crippen LogP contribution in [0.2, 0.25) is 0 Å². The molecule has 0 saturated carbocycles. The monoisotopic (exact) mass is 274 g/mol. The average Bonchev–Trinajstić information content (AvgIpc) is 2.40. The molecule has 3 atom stereocenters. The van der Waals surface area contributed by atoms with Crippen molar-refractivity contribution in [2.24, 2.45) is 11.7 Å². The van der Waals surface area contributed by atoms with Gasteiger partial charge in [-0.25, -0.2) is 0 Å². The summed E-state index contributed by atoms with van der Waals surface area (Å²) < 4.78 is 0. The van der Waals surface area contributed by atoms with E-state index < -0.39 is 0 Å². The number of aryl methyl sites for hydroxylation is 3. The van der Waals surface area contributed by atoms with E-state index in [1.54, 1.807) is 0 Å². The third kappa shape index (κ3) is 3.07. The van der Waals surface area contributed by atoms with Crippen LogP contribution in [0.3, 0.4) is 0 Å². The lowest BCUT2D eigenvalue weighted by atomic mass is 9.89. The van der Waals surface area contributed by atoms with Gasteiger partial charge in [-0.3, -0.25) is 4.90 Å². The zero-order chi connectivity index (χ0) is 14.9. The number of hydrogen-bond acceptors (Lipinski definition) is 2. The first-order chi connectivity index (χ1) is 9.43. The van der Waals surface area contributed by atoms with Crippen LogP contribution in [0.4, 0.5) is 0 Å². The highest BCUT2D eigenvalue weighted by molar-refractivity contribution is 5.38. The van der Waals surface area contributed by atoms with Crippen molar-refractivity contribution in [3.8, 4) is 0 Å². The number of nitrogens with zero attached hydrogens (tertiary/aromatic N) is 1. The summed E-state index contributed by atoms with van der Waals surface area (Å²) in [6.07, 6.45) is 2.64. The van der Waals surface area contributed by atoms with Crippen molar-refractivity contribution in [3.05, 3.63) is 34.4 Å². The Morgan fingerprint density at radius 1 is 1.10 bits per heavy atom. The van der Waals surface area contributed by atoms with Gasteiger partial charge in [-0.1, -0.05) is 19.1 Å². The van der Waals surface area contributed by atoms with Gasteiger partial charge >= 0.3 is 0 Å². The molecule has 20 heavy (non-hydrogen) atoms. The molecule has 0 spiro atoms. The maximum absolute atomic E-state index is 6.16. The molecular weight excluding hydrogens is 244 g/mol. The molecule has 1 aliphatic heterocycles. The average molecular weight is 274 g/mol. The second-order valence-electron chi connectivity index (χ2n) is 6.77. The van der Waals surface area contributed by atoms with E-state index >= 15 is 0 Å². The molecule has 1 aromatic carbocycles. The first-order valence-electron chi connectivity index (χ1n) is 7.97. The highest BCUT2D eigenvalue weighted by Gasteiger charge is 2.30. The molecule has 1 fully saturated rings. The summed E-state index contributed by atoms with van der Waals surface area (Å²) in [6, 6.07) is 5.67. The smallest absolute Gasteiger partial charge is 0.0476 e. The predicted molar refractivity (Wildman–Crippen MR) is 87.0 cm³/mol. The second kappa shape index (κ2) is 6.28. The van der Waals surface area contributed by atoms with E-state index in [9.17, 15) is 0 Å². The van der Waals surface area contributed by atoms with E-state index in [0.717, 1.165) is 5.92 Å².